The molecule has 0 saturated carbocycles. The van der Waals surface area contributed by atoms with E-state index < -0.39 is 0 Å². The highest BCUT2D eigenvalue weighted by molar-refractivity contribution is 7.99. The Hall–Kier alpha value is -2.38. The Bertz CT molecular complexity index is 821. The van der Waals surface area contributed by atoms with E-state index in [0.717, 1.165) is 22.0 Å². The van der Waals surface area contributed by atoms with Crippen LogP contribution >= 0.6 is 23.1 Å². The minimum Gasteiger partial charge on any atom is -0.494 e. The van der Waals surface area contributed by atoms with Gasteiger partial charge in [-0.25, -0.2) is 9.97 Å². The van der Waals surface area contributed by atoms with Gasteiger partial charge in [0.05, 0.1) is 22.9 Å². The van der Waals surface area contributed by atoms with Crippen molar-refractivity contribution in [2.75, 3.05) is 17.7 Å². The van der Waals surface area contributed by atoms with E-state index in [1.54, 1.807) is 17.5 Å². The predicted molar refractivity (Wildman–Crippen MR) is 102 cm³/mol. The summed E-state index contributed by atoms with van der Waals surface area (Å²) in [4.78, 5) is 21.9. The van der Waals surface area contributed by atoms with Gasteiger partial charge in [-0.15, -0.1) is 11.3 Å². The van der Waals surface area contributed by atoms with Crippen molar-refractivity contribution in [2.45, 2.75) is 12.1 Å². The number of rotatable bonds is 7. The molecule has 0 aliphatic rings. The number of hydrogen-bond donors (Lipinski definition) is 1. The van der Waals surface area contributed by atoms with Gasteiger partial charge in [0.2, 0.25) is 5.91 Å². The molecule has 0 aliphatic carbocycles. The molecule has 25 heavy (non-hydrogen) atoms. The lowest BCUT2D eigenvalue weighted by Crippen LogP contribution is -2.14. The minimum absolute atomic E-state index is 0.0979. The zero-order valence-corrected chi connectivity index (χ0v) is 15.3. The van der Waals surface area contributed by atoms with Crippen molar-refractivity contribution in [2.24, 2.45) is 0 Å². The number of carbonyl (C=O) groups excluding carboxylic acids is 1. The molecule has 1 N–H and O–H groups in total. The number of amides is 1. The third-order valence-electron chi connectivity index (χ3n) is 3.19. The summed E-state index contributed by atoms with van der Waals surface area (Å²) >= 11 is 2.94. The molecule has 0 spiro atoms. The Labute approximate surface area is 154 Å². The molecule has 0 fully saturated rings. The third-order valence-corrected chi connectivity index (χ3v) is 4.94. The van der Waals surface area contributed by atoms with Gasteiger partial charge in [0.15, 0.2) is 5.16 Å². The molecule has 2 aromatic heterocycles. The zero-order chi connectivity index (χ0) is 17.5. The molecule has 0 radical (unpaired) electrons. The Kier molecular flexibility index (Phi) is 6.03. The quantitative estimate of drug-likeness (QED) is 0.494. The molecule has 5 nitrogen and oxygen atoms in total. The molecular weight excluding hydrogens is 354 g/mol. The van der Waals surface area contributed by atoms with Crippen molar-refractivity contribution < 1.29 is 9.53 Å². The van der Waals surface area contributed by atoms with E-state index >= 15 is 0 Å². The summed E-state index contributed by atoms with van der Waals surface area (Å²) in [6, 6.07) is 13.2. The van der Waals surface area contributed by atoms with Crippen LogP contribution < -0.4 is 10.1 Å². The lowest BCUT2D eigenvalue weighted by Gasteiger charge is -2.07. The second-order valence-corrected chi connectivity index (χ2v) is 6.89. The van der Waals surface area contributed by atoms with Crippen molar-refractivity contribution in [3.8, 4) is 16.3 Å². The van der Waals surface area contributed by atoms with Crippen molar-refractivity contribution in [1.29, 1.82) is 0 Å². The van der Waals surface area contributed by atoms with Crippen LogP contribution in [-0.4, -0.2) is 28.2 Å². The molecule has 2 heterocycles. The third kappa shape index (κ3) is 5.04. The summed E-state index contributed by atoms with van der Waals surface area (Å²) in [6.07, 6.45) is 1.72. The van der Waals surface area contributed by atoms with Crippen LogP contribution in [0.15, 0.2) is 59.2 Å². The van der Waals surface area contributed by atoms with Gasteiger partial charge in [-0.3, -0.25) is 4.79 Å². The molecule has 3 rings (SSSR count). The summed E-state index contributed by atoms with van der Waals surface area (Å²) in [7, 11) is 0. The normalized spacial score (nSPS) is 10.4. The molecule has 3 aromatic rings. The van der Waals surface area contributed by atoms with Crippen LogP contribution in [0.1, 0.15) is 6.92 Å². The van der Waals surface area contributed by atoms with Crippen LogP contribution in [0.25, 0.3) is 10.6 Å². The van der Waals surface area contributed by atoms with Crippen LogP contribution in [0.4, 0.5) is 5.69 Å². The number of benzene rings is 1. The van der Waals surface area contributed by atoms with Crippen molar-refractivity contribution in [3.63, 3.8) is 0 Å². The lowest BCUT2D eigenvalue weighted by atomic mass is 10.3. The van der Waals surface area contributed by atoms with E-state index in [4.69, 9.17) is 4.74 Å². The number of thioether (sulfide) groups is 1. The largest absolute Gasteiger partial charge is 0.494 e. The monoisotopic (exact) mass is 371 g/mol. The fourth-order valence-corrected chi connectivity index (χ4v) is 3.43. The maximum Gasteiger partial charge on any atom is 0.234 e. The fraction of sp³-hybridized carbons (Fsp3) is 0.167. The van der Waals surface area contributed by atoms with Crippen LogP contribution in [0.2, 0.25) is 0 Å². The van der Waals surface area contributed by atoms with E-state index in [1.807, 2.05) is 54.8 Å². The number of hydrogen-bond acceptors (Lipinski definition) is 6. The van der Waals surface area contributed by atoms with Crippen molar-refractivity contribution in [3.05, 3.63) is 54.0 Å². The van der Waals surface area contributed by atoms with Gasteiger partial charge in [0, 0.05) is 11.9 Å². The van der Waals surface area contributed by atoms with E-state index in [9.17, 15) is 4.79 Å². The first-order valence-corrected chi connectivity index (χ1v) is 9.63. The molecule has 0 unspecified atom stereocenters. The summed E-state index contributed by atoms with van der Waals surface area (Å²) in [5.74, 6) is 0.939. The molecule has 0 aliphatic heterocycles. The van der Waals surface area contributed by atoms with Gasteiger partial charge in [-0.2, -0.15) is 0 Å². The van der Waals surface area contributed by atoms with E-state index in [-0.39, 0.29) is 11.7 Å². The zero-order valence-electron chi connectivity index (χ0n) is 13.6. The number of carbonyl (C=O) groups is 1. The lowest BCUT2D eigenvalue weighted by molar-refractivity contribution is -0.113. The van der Waals surface area contributed by atoms with Crippen LogP contribution in [0, 0.1) is 0 Å². The molecule has 0 bridgehead atoms. The highest BCUT2D eigenvalue weighted by atomic mass is 32.2. The van der Waals surface area contributed by atoms with Crippen LogP contribution in [0.5, 0.6) is 5.75 Å². The molecule has 128 valence electrons. The average molecular weight is 371 g/mol. The highest BCUT2D eigenvalue weighted by Gasteiger charge is 2.08. The standard InChI is InChI=1S/C18H17N3O2S2/c1-2-23-14-7-5-13(6-8-14)20-17(22)12-25-18-19-10-9-15(21-18)16-4-3-11-24-16/h3-11H,2,12H2,1H3,(H,20,22). The van der Waals surface area contributed by atoms with Gasteiger partial charge in [-0.05, 0) is 48.7 Å². The Morgan fingerprint density at radius 1 is 1.24 bits per heavy atom. The maximum absolute atomic E-state index is 12.1. The fourth-order valence-electron chi connectivity index (χ4n) is 2.10. The topological polar surface area (TPSA) is 64.1 Å². The Balaban J connectivity index is 1.54. The van der Waals surface area contributed by atoms with Crippen LogP contribution in [-0.2, 0) is 4.79 Å². The SMILES string of the molecule is CCOc1ccc(NC(=O)CSc2nccc(-c3cccs3)n2)cc1. The smallest absolute Gasteiger partial charge is 0.234 e. The first-order chi connectivity index (χ1) is 12.2. The summed E-state index contributed by atoms with van der Waals surface area (Å²) in [6.45, 7) is 2.55. The molecule has 7 heteroatoms. The molecular formula is C18H17N3O2S2. The average Bonchev–Trinajstić information content (AvgIpc) is 3.17. The van der Waals surface area contributed by atoms with Gasteiger partial charge in [0.25, 0.3) is 0 Å². The summed E-state index contributed by atoms with van der Waals surface area (Å²) in [5, 5.41) is 5.45. The van der Waals surface area contributed by atoms with Crippen molar-refractivity contribution in [1.82, 2.24) is 9.97 Å². The number of nitrogens with one attached hydrogen (secondary N) is 1. The van der Waals surface area contributed by atoms with Crippen molar-refractivity contribution >= 4 is 34.7 Å². The molecule has 0 saturated heterocycles. The van der Waals surface area contributed by atoms with E-state index in [2.05, 4.69) is 15.3 Å². The summed E-state index contributed by atoms with van der Waals surface area (Å²) in [5.41, 5.74) is 1.61. The van der Waals surface area contributed by atoms with Gasteiger partial charge >= 0.3 is 0 Å². The van der Waals surface area contributed by atoms with E-state index in [1.165, 1.54) is 11.8 Å². The molecule has 1 aromatic carbocycles. The Morgan fingerprint density at radius 2 is 2.08 bits per heavy atom. The maximum atomic E-state index is 12.1. The number of thiophene rings is 1. The predicted octanol–water partition coefficient (Wildman–Crippen LogP) is 4.33. The Morgan fingerprint density at radius 3 is 2.80 bits per heavy atom. The molecule has 1 amide bonds. The second-order valence-electron chi connectivity index (χ2n) is 5.00. The second kappa shape index (κ2) is 8.64. The summed E-state index contributed by atoms with van der Waals surface area (Å²) < 4.78 is 5.38. The first-order valence-electron chi connectivity index (χ1n) is 7.77. The number of anilines is 1. The van der Waals surface area contributed by atoms with E-state index in [0.29, 0.717) is 11.8 Å². The van der Waals surface area contributed by atoms with Crippen LogP contribution in [0.3, 0.4) is 0 Å². The first kappa shape index (κ1) is 17.4. The number of ether oxygens (including phenoxy) is 1. The number of aromatic nitrogens is 2. The van der Waals surface area contributed by atoms with Gasteiger partial charge in [0.1, 0.15) is 5.75 Å². The van der Waals surface area contributed by atoms with Gasteiger partial charge in [-0.1, -0.05) is 17.8 Å². The minimum atomic E-state index is -0.0979. The van der Waals surface area contributed by atoms with Gasteiger partial charge < -0.3 is 10.1 Å². The highest BCUT2D eigenvalue weighted by Crippen LogP contribution is 2.24. The number of nitrogens with zero attached hydrogens (tertiary/aromatic N) is 2. The molecule has 0 atom stereocenters.